The predicted molar refractivity (Wildman–Crippen MR) is 123 cm³/mol. The van der Waals surface area contributed by atoms with Crippen LogP contribution in [0, 0.1) is 5.82 Å². The van der Waals surface area contributed by atoms with E-state index < -0.39 is 5.82 Å². The SMILES string of the molecule is O=c1c2ccccc2ccc2ccc(/C=C/c3ccc4cc(F)c(Cl)cc4n3)cc12. The Bertz CT molecular complexity index is 1540. The van der Waals surface area contributed by atoms with Gasteiger partial charge >= 0.3 is 0 Å². The Hall–Kier alpha value is -3.56. The van der Waals surface area contributed by atoms with Gasteiger partial charge in [-0.05, 0) is 46.7 Å². The third kappa shape index (κ3) is 3.34. The molecule has 0 aliphatic heterocycles. The first-order valence-corrected chi connectivity index (χ1v) is 9.86. The molecule has 4 heteroatoms. The average molecular weight is 412 g/mol. The van der Waals surface area contributed by atoms with Crippen LogP contribution in [0.1, 0.15) is 11.3 Å². The molecule has 5 aromatic rings. The predicted octanol–water partition coefficient (Wildman–Crippen LogP) is 6.86. The molecular formula is C26H15ClFNO. The molecule has 0 unspecified atom stereocenters. The first-order valence-electron chi connectivity index (χ1n) is 9.48. The number of benzene rings is 3. The Balaban J connectivity index is 1.58. The van der Waals surface area contributed by atoms with Gasteiger partial charge in [0.25, 0.3) is 0 Å². The van der Waals surface area contributed by atoms with Crippen LogP contribution in [0.25, 0.3) is 44.6 Å². The lowest BCUT2D eigenvalue weighted by atomic mass is 10.1. The largest absolute Gasteiger partial charge is 0.289 e. The molecule has 1 aromatic heterocycles. The first-order chi connectivity index (χ1) is 14.6. The summed E-state index contributed by atoms with van der Waals surface area (Å²) in [6.45, 7) is 0. The summed E-state index contributed by atoms with van der Waals surface area (Å²) in [5.41, 5.74) is 2.26. The van der Waals surface area contributed by atoms with E-state index in [9.17, 15) is 9.18 Å². The molecule has 0 aliphatic rings. The average Bonchev–Trinajstić information content (AvgIpc) is 2.90. The highest BCUT2D eigenvalue weighted by atomic mass is 35.5. The summed E-state index contributed by atoms with van der Waals surface area (Å²) >= 11 is 5.87. The van der Waals surface area contributed by atoms with Gasteiger partial charge in [-0.1, -0.05) is 72.3 Å². The van der Waals surface area contributed by atoms with E-state index >= 15 is 0 Å². The zero-order valence-corrected chi connectivity index (χ0v) is 16.5. The second kappa shape index (κ2) is 7.36. The molecule has 0 radical (unpaired) electrons. The third-order valence-electron chi connectivity index (χ3n) is 5.17. The van der Waals surface area contributed by atoms with Crippen molar-refractivity contribution in [1.29, 1.82) is 0 Å². The van der Waals surface area contributed by atoms with Gasteiger partial charge in [0.05, 0.1) is 16.2 Å². The van der Waals surface area contributed by atoms with Crippen molar-refractivity contribution in [2.45, 2.75) is 0 Å². The van der Waals surface area contributed by atoms with Gasteiger partial charge in [-0.3, -0.25) is 4.79 Å². The van der Waals surface area contributed by atoms with Gasteiger partial charge in [0.2, 0.25) is 0 Å². The van der Waals surface area contributed by atoms with Gasteiger partial charge < -0.3 is 0 Å². The monoisotopic (exact) mass is 411 g/mol. The molecule has 0 N–H and O–H groups in total. The van der Waals surface area contributed by atoms with Crippen LogP contribution < -0.4 is 5.43 Å². The Morgan fingerprint density at radius 2 is 1.50 bits per heavy atom. The van der Waals surface area contributed by atoms with Crippen LogP contribution in [0.3, 0.4) is 0 Å². The van der Waals surface area contributed by atoms with Gasteiger partial charge in [0.15, 0.2) is 5.43 Å². The Morgan fingerprint density at radius 1 is 0.767 bits per heavy atom. The van der Waals surface area contributed by atoms with E-state index in [0.29, 0.717) is 21.7 Å². The van der Waals surface area contributed by atoms with Crippen molar-refractivity contribution < 1.29 is 4.39 Å². The Kier molecular flexibility index (Phi) is 4.53. The van der Waals surface area contributed by atoms with E-state index in [1.165, 1.54) is 12.1 Å². The fourth-order valence-corrected chi connectivity index (χ4v) is 3.76. The maximum atomic E-state index is 13.6. The van der Waals surface area contributed by atoms with Crippen LogP contribution in [-0.2, 0) is 0 Å². The number of fused-ring (bicyclic) bond motifs is 3. The molecule has 0 bridgehead atoms. The molecule has 5 rings (SSSR count). The molecular weight excluding hydrogens is 397 g/mol. The quantitative estimate of drug-likeness (QED) is 0.317. The summed E-state index contributed by atoms with van der Waals surface area (Å²) in [7, 11) is 0. The maximum absolute atomic E-state index is 13.6. The highest BCUT2D eigenvalue weighted by Crippen LogP contribution is 2.23. The number of nitrogens with zero attached hydrogens (tertiary/aromatic N) is 1. The Morgan fingerprint density at radius 3 is 2.37 bits per heavy atom. The molecule has 0 atom stereocenters. The zero-order chi connectivity index (χ0) is 20.7. The van der Waals surface area contributed by atoms with E-state index in [1.54, 1.807) is 0 Å². The molecule has 1 heterocycles. The standard InChI is InChI=1S/C26H15ClFNO/c27-23-15-25-19(14-24(23)28)10-12-20(29-25)11-6-16-5-7-18-9-8-17-3-1-2-4-21(17)26(30)22(18)13-16/h1-15H/b11-6+. The lowest BCUT2D eigenvalue weighted by Crippen LogP contribution is -1.98. The molecule has 0 saturated carbocycles. The molecule has 0 aliphatic carbocycles. The number of halogens is 2. The van der Waals surface area contributed by atoms with Crippen molar-refractivity contribution in [3.05, 3.63) is 111 Å². The number of rotatable bonds is 2. The molecule has 0 saturated heterocycles. The van der Waals surface area contributed by atoms with Crippen molar-refractivity contribution in [1.82, 2.24) is 4.98 Å². The summed E-state index contributed by atoms with van der Waals surface area (Å²) in [5.74, 6) is -0.459. The zero-order valence-electron chi connectivity index (χ0n) is 15.8. The summed E-state index contributed by atoms with van der Waals surface area (Å²) in [6, 6.07) is 23.9. The van der Waals surface area contributed by atoms with Crippen LogP contribution in [0.2, 0.25) is 5.02 Å². The van der Waals surface area contributed by atoms with Gasteiger partial charge in [0, 0.05) is 16.2 Å². The van der Waals surface area contributed by atoms with E-state index in [-0.39, 0.29) is 10.5 Å². The van der Waals surface area contributed by atoms with Crippen molar-refractivity contribution in [3.8, 4) is 0 Å². The smallest absolute Gasteiger partial charge is 0.194 e. The highest BCUT2D eigenvalue weighted by Gasteiger charge is 2.05. The van der Waals surface area contributed by atoms with Crippen LogP contribution >= 0.6 is 11.6 Å². The van der Waals surface area contributed by atoms with Crippen LogP contribution in [0.15, 0.2) is 83.7 Å². The minimum absolute atomic E-state index is 0.0151. The summed E-state index contributed by atoms with van der Waals surface area (Å²) in [6.07, 6.45) is 3.77. The van der Waals surface area contributed by atoms with Crippen molar-refractivity contribution in [3.63, 3.8) is 0 Å². The van der Waals surface area contributed by atoms with Gasteiger partial charge in [-0.2, -0.15) is 0 Å². The summed E-state index contributed by atoms with van der Waals surface area (Å²) in [5, 5.41) is 3.94. The van der Waals surface area contributed by atoms with Gasteiger partial charge in [0.1, 0.15) is 5.82 Å². The van der Waals surface area contributed by atoms with E-state index in [1.807, 2.05) is 78.9 Å². The van der Waals surface area contributed by atoms with Crippen LogP contribution in [0.5, 0.6) is 0 Å². The maximum Gasteiger partial charge on any atom is 0.194 e. The fraction of sp³-hybridized carbons (Fsp3) is 0. The molecule has 144 valence electrons. The topological polar surface area (TPSA) is 30.0 Å². The van der Waals surface area contributed by atoms with Crippen molar-refractivity contribution in [2.75, 3.05) is 0 Å². The lowest BCUT2D eigenvalue weighted by molar-refractivity contribution is 0.630. The van der Waals surface area contributed by atoms with Crippen LogP contribution in [0.4, 0.5) is 4.39 Å². The van der Waals surface area contributed by atoms with E-state index in [0.717, 1.165) is 22.0 Å². The molecule has 0 amide bonds. The normalized spacial score (nSPS) is 11.7. The summed E-state index contributed by atoms with van der Waals surface area (Å²) in [4.78, 5) is 17.6. The summed E-state index contributed by atoms with van der Waals surface area (Å²) < 4.78 is 13.6. The highest BCUT2D eigenvalue weighted by molar-refractivity contribution is 6.31. The third-order valence-corrected chi connectivity index (χ3v) is 5.46. The molecule has 2 nitrogen and oxygen atoms in total. The molecule has 0 spiro atoms. The van der Waals surface area contributed by atoms with Crippen LogP contribution in [-0.4, -0.2) is 4.98 Å². The number of aromatic nitrogens is 1. The first kappa shape index (κ1) is 18.5. The minimum Gasteiger partial charge on any atom is -0.289 e. The lowest BCUT2D eigenvalue weighted by Gasteiger charge is -2.01. The Labute approximate surface area is 176 Å². The van der Waals surface area contributed by atoms with Gasteiger partial charge in [-0.25, -0.2) is 9.37 Å². The molecule has 0 fully saturated rings. The molecule has 30 heavy (non-hydrogen) atoms. The van der Waals surface area contributed by atoms with Crippen molar-refractivity contribution >= 4 is 56.2 Å². The van der Waals surface area contributed by atoms with Crippen molar-refractivity contribution in [2.24, 2.45) is 0 Å². The fourth-order valence-electron chi connectivity index (χ4n) is 3.60. The second-order valence-electron chi connectivity index (χ2n) is 7.12. The minimum atomic E-state index is -0.459. The van der Waals surface area contributed by atoms with E-state index in [2.05, 4.69) is 4.98 Å². The van der Waals surface area contributed by atoms with Gasteiger partial charge in [-0.15, -0.1) is 0 Å². The number of hydrogen-bond donors (Lipinski definition) is 0. The second-order valence-corrected chi connectivity index (χ2v) is 7.53. The number of pyridine rings is 1. The van der Waals surface area contributed by atoms with E-state index in [4.69, 9.17) is 11.6 Å². The number of hydrogen-bond acceptors (Lipinski definition) is 2. The molecule has 4 aromatic carbocycles.